The third kappa shape index (κ3) is 6.50. The number of nitrogens with one attached hydrogen (secondary N) is 1. The van der Waals surface area contributed by atoms with E-state index >= 15 is 0 Å². The molecular weight excluding hydrogens is 242 g/mol. The fourth-order valence-corrected chi connectivity index (χ4v) is 2.39. The molecule has 0 aliphatic rings. The smallest absolute Gasteiger partial charge is 0.118 e. The van der Waals surface area contributed by atoms with Crippen molar-refractivity contribution >= 4 is 11.8 Å². The Morgan fingerprint density at radius 2 is 1.89 bits per heavy atom. The third-order valence-electron chi connectivity index (χ3n) is 3.05. The lowest BCUT2D eigenvalue weighted by atomic mass is 10.0. The lowest BCUT2D eigenvalue weighted by Gasteiger charge is -2.13. The Morgan fingerprint density at radius 3 is 2.56 bits per heavy atom. The molecule has 0 aliphatic carbocycles. The molecule has 0 saturated carbocycles. The number of hydrogen-bond acceptors (Lipinski definition) is 3. The van der Waals surface area contributed by atoms with Crippen LogP contribution < -0.4 is 5.32 Å². The first-order valence-corrected chi connectivity index (χ1v) is 8.31. The van der Waals surface area contributed by atoms with Crippen LogP contribution in [0.1, 0.15) is 51.6 Å². The lowest BCUT2D eigenvalue weighted by Crippen LogP contribution is -2.25. The van der Waals surface area contributed by atoms with Crippen LogP contribution in [0.2, 0.25) is 0 Å². The van der Waals surface area contributed by atoms with Crippen LogP contribution in [0.25, 0.3) is 0 Å². The number of rotatable bonds is 9. The summed E-state index contributed by atoms with van der Waals surface area (Å²) < 4.78 is 5.73. The molecule has 104 valence electrons. The van der Waals surface area contributed by atoms with Gasteiger partial charge in [0.25, 0.3) is 0 Å². The molecule has 0 aliphatic heterocycles. The number of thioether (sulfide) groups is 1. The molecule has 1 atom stereocenters. The van der Waals surface area contributed by atoms with Gasteiger partial charge in [-0.15, -0.1) is 0 Å². The van der Waals surface area contributed by atoms with E-state index < -0.39 is 0 Å². The zero-order chi connectivity index (χ0) is 13.4. The minimum absolute atomic E-state index is 0.567. The van der Waals surface area contributed by atoms with Gasteiger partial charge in [-0.25, -0.2) is 0 Å². The second kappa shape index (κ2) is 8.65. The molecule has 0 fully saturated rings. The van der Waals surface area contributed by atoms with Crippen molar-refractivity contribution in [2.75, 3.05) is 6.26 Å². The van der Waals surface area contributed by atoms with Crippen molar-refractivity contribution in [3.63, 3.8) is 0 Å². The molecule has 0 saturated heterocycles. The van der Waals surface area contributed by atoms with Gasteiger partial charge in [-0.2, -0.15) is 11.8 Å². The van der Waals surface area contributed by atoms with E-state index in [2.05, 4.69) is 44.5 Å². The summed E-state index contributed by atoms with van der Waals surface area (Å²) in [5, 5.41) is 3.53. The second-order valence-corrected chi connectivity index (χ2v) is 6.27. The van der Waals surface area contributed by atoms with E-state index in [1.165, 1.54) is 19.3 Å². The van der Waals surface area contributed by atoms with Crippen LogP contribution in [0.4, 0.5) is 0 Å². The third-order valence-corrected chi connectivity index (χ3v) is 3.62. The first-order chi connectivity index (χ1) is 8.61. The highest BCUT2D eigenvalue weighted by molar-refractivity contribution is 7.97. The van der Waals surface area contributed by atoms with Crippen LogP contribution in [0.15, 0.2) is 16.5 Å². The Morgan fingerprint density at radius 1 is 1.17 bits per heavy atom. The van der Waals surface area contributed by atoms with E-state index in [4.69, 9.17) is 4.42 Å². The molecule has 1 unspecified atom stereocenters. The molecule has 2 nitrogen and oxygen atoms in total. The van der Waals surface area contributed by atoms with Crippen LogP contribution >= 0.6 is 11.8 Å². The zero-order valence-electron chi connectivity index (χ0n) is 12.2. The summed E-state index contributed by atoms with van der Waals surface area (Å²) in [5.41, 5.74) is 0. The van der Waals surface area contributed by atoms with Gasteiger partial charge in [-0.1, -0.05) is 26.7 Å². The van der Waals surface area contributed by atoms with Crippen molar-refractivity contribution in [3.05, 3.63) is 23.7 Å². The van der Waals surface area contributed by atoms with Crippen LogP contribution in [0.5, 0.6) is 0 Å². The van der Waals surface area contributed by atoms with Gasteiger partial charge in [-0.3, -0.25) is 0 Å². The molecule has 0 amide bonds. The Balaban J connectivity index is 2.18. The van der Waals surface area contributed by atoms with Crippen molar-refractivity contribution in [1.82, 2.24) is 5.32 Å². The van der Waals surface area contributed by atoms with Crippen LogP contribution in [-0.2, 0) is 12.3 Å². The fraction of sp³-hybridized carbons (Fsp3) is 0.733. The second-order valence-electron chi connectivity index (χ2n) is 5.41. The summed E-state index contributed by atoms with van der Waals surface area (Å²) >= 11 is 1.79. The van der Waals surface area contributed by atoms with Gasteiger partial charge < -0.3 is 9.73 Å². The SMILES string of the molecule is CSCc1ccc(CNC(C)CCCC(C)C)o1. The Bertz CT molecular complexity index is 322. The zero-order valence-corrected chi connectivity index (χ0v) is 13.0. The lowest BCUT2D eigenvalue weighted by molar-refractivity contribution is 0.414. The maximum absolute atomic E-state index is 5.73. The summed E-state index contributed by atoms with van der Waals surface area (Å²) in [7, 11) is 0. The molecule has 1 aromatic rings. The Kier molecular flexibility index (Phi) is 7.52. The molecule has 1 rings (SSSR count). The van der Waals surface area contributed by atoms with Crippen LogP contribution in [0.3, 0.4) is 0 Å². The molecule has 0 radical (unpaired) electrons. The number of furan rings is 1. The molecule has 0 bridgehead atoms. The monoisotopic (exact) mass is 269 g/mol. The molecule has 0 spiro atoms. The first-order valence-electron chi connectivity index (χ1n) is 6.91. The van der Waals surface area contributed by atoms with Crippen molar-refractivity contribution in [3.8, 4) is 0 Å². The van der Waals surface area contributed by atoms with Gasteiger partial charge in [0.15, 0.2) is 0 Å². The van der Waals surface area contributed by atoms with Crippen LogP contribution in [-0.4, -0.2) is 12.3 Å². The molecule has 1 heterocycles. The van der Waals surface area contributed by atoms with Crippen molar-refractivity contribution in [2.24, 2.45) is 5.92 Å². The van der Waals surface area contributed by atoms with Gasteiger partial charge >= 0.3 is 0 Å². The van der Waals surface area contributed by atoms with Crippen LogP contribution in [0, 0.1) is 5.92 Å². The predicted molar refractivity (Wildman–Crippen MR) is 80.9 cm³/mol. The standard InChI is InChI=1S/C15H27NOS/c1-12(2)6-5-7-13(3)16-10-14-8-9-15(17-14)11-18-4/h8-9,12-13,16H,5-7,10-11H2,1-4H3. The normalized spacial score (nSPS) is 13.2. The fourth-order valence-electron chi connectivity index (χ4n) is 1.95. The predicted octanol–water partition coefficient (Wildman–Crippen LogP) is 4.45. The molecular formula is C15H27NOS. The highest BCUT2D eigenvalue weighted by Gasteiger charge is 2.05. The summed E-state index contributed by atoms with van der Waals surface area (Å²) in [5.74, 6) is 3.90. The largest absolute Gasteiger partial charge is 0.464 e. The Labute approximate surface area is 116 Å². The summed E-state index contributed by atoms with van der Waals surface area (Å²) in [4.78, 5) is 0. The highest BCUT2D eigenvalue weighted by atomic mass is 32.2. The van der Waals surface area contributed by atoms with Gasteiger partial charge in [-0.05, 0) is 37.7 Å². The average Bonchev–Trinajstić information content (AvgIpc) is 2.74. The van der Waals surface area contributed by atoms with Crippen molar-refractivity contribution in [2.45, 2.75) is 58.4 Å². The highest BCUT2D eigenvalue weighted by Crippen LogP contribution is 2.14. The van der Waals surface area contributed by atoms with E-state index in [0.29, 0.717) is 6.04 Å². The van der Waals surface area contributed by atoms with E-state index in [1.54, 1.807) is 11.8 Å². The van der Waals surface area contributed by atoms with Crippen molar-refractivity contribution < 1.29 is 4.42 Å². The van der Waals surface area contributed by atoms with E-state index in [9.17, 15) is 0 Å². The molecule has 18 heavy (non-hydrogen) atoms. The van der Waals surface area contributed by atoms with Gasteiger partial charge in [0.2, 0.25) is 0 Å². The summed E-state index contributed by atoms with van der Waals surface area (Å²) in [6, 6.07) is 4.73. The van der Waals surface area contributed by atoms with Crippen molar-refractivity contribution in [1.29, 1.82) is 0 Å². The van der Waals surface area contributed by atoms with E-state index in [1.807, 2.05) is 0 Å². The first kappa shape index (κ1) is 15.6. The summed E-state index contributed by atoms with van der Waals surface area (Å²) in [6.45, 7) is 7.67. The minimum atomic E-state index is 0.567. The molecule has 3 heteroatoms. The quantitative estimate of drug-likeness (QED) is 0.717. The van der Waals surface area contributed by atoms with E-state index in [-0.39, 0.29) is 0 Å². The van der Waals surface area contributed by atoms with Gasteiger partial charge in [0.1, 0.15) is 11.5 Å². The Hall–Kier alpha value is -0.410. The summed E-state index contributed by atoms with van der Waals surface area (Å²) in [6.07, 6.45) is 5.97. The van der Waals surface area contributed by atoms with Gasteiger partial charge in [0, 0.05) is 6.04 Å². The van der Waals surface area contributed by atoms with E-state index in [0.717, 1.165) is 29.7 Å². The maximum Gasteiger partial charge on any atom is 0.118 e. The minimum Gasteiger partial charge on any atom is -0.464 e. The maximum atomic E-state index is 5.73. The average molecular weight is 269 g/mol. The van der Waals surface area contributed by atoms with Gasteiger partial charge in [0.05, 0.1) is 12.3 Å². The molecule has 1 aromatic heterocycles. The molecule has 0 aromatic carbocycles. The molecule has 1 N–H and O–H groups in total. The topological polar surface area (TPSA) is 25.2 Å². The number of hydrogen-bond donors (Lipinski definition) is 1.